The fourth-order valence-electron chi connectivity index (χ4n) is 4.16. The summed E-state index contributed by atoms with van der Waals surface area (Å²) in [5.74, 6) is -0.294. The Balaban J connectivity index is 1.61. The molecule has 4 heteroatoms. The van der Waals surface area contributed by atoms with Gasteiger partial charge in [-0.15, -0.1) is 0 Å². The molecule has 3 rings (SSSR count). The number of piperidine rings is 1. The van der Waals surface area contributed by atoms with Crippen LogP contribution in [0.2, 0.25) is 0 Å². The van der Waals surface area contributed by atoms with Gasteiger partial charge in [-0.2, -0.15) is 0 Å². The van der Waals surface area contributed by atoms with Crippen LogP contribution >= 0.6 is 0 Å². The van der Waals surface area contributed by atoms with Gasteiger partial charge in [-0.3, -0.25) is 9.69 Å². The van der Waals surface area contributed by atoms with Crippen LogP contribution in [0.4, 0.5) is 0 Å². The topological polar surface area (TPSA) is 66.6 Å². The molecular formula is C19H28N2O2. The number of rotatable bonds is 5. The van der Waals surface area contributed by atoms with Gasteiger partial charge in [-0.1, -0.05) is 18.2 Å². The maximum Gasteiger partial charge on any atom is 0.303 e. The molecule has 4 nitrogen and oxygen atoms in total. The van der Waals surface area contributed by atoms with Crippen molar-refractivity contribution in [2.75, 3.05) is 13.1 Å². The van der Waals surface area contributed by atoms with E-state index in [9.17, 15) is 4.79 Å². The number of carboxylic acids is 1. The predicted octanol–water partition coefficient (Wildman–Crippen LogP) is 2.58. The summed E-state index contributed by atoms with van der Waals surface area (Å²) in [4.78, 5) is 13.2. The fourth-order valence-corrected chi connectivity index (χ4v) is 4.16. The lowest BCUT2D eigenvalue weighted by Gasteiger charge is -2.36. The summed E-state index contributed by atoms with van der Waals surface area (Å²) in [6.07, 6.45) is 7.01. The summed E-state index contributed by atoms with van der Waals surface area (Å²) in [6.45, 7) is 2.82. The molecule has 0 spiro atoms. The van der Waals surface area contributed by atoms with Crippen LogP contribution in [0, 0.1) is 5.92 Å². The van der Waals surface area contributed by atoms with Crippen LogP contribution in [-0.2, 0) is 24.2 Å². The van der Waals surface area contributed by atoms with E-state index >= 15 is 0 Å². The van der Waals surface area contributed by atoms with Crippen LogP contribution in [0.5, 0.6) is 0 Å². The quantitative estimate of drug-likeness (QED) is 0.876. The molecular weight excluding hydrogens is 288 g/mol. The monoisotopic (exact) mass is 316 g/mol. The third-order valence-corrected chi connectivity index (χ3v) is 5.23. The number of likely N-dealkylation sites (tertiary alicyclic amines) is 1. The Bertz CT molecular complexity index is 558. The van der Waals surface area contributed by atoms with Crippen molar-refractivity contribution in [1.29, 1.82) is 0 Å². The minimum Gasteiger partial charge on any atom is -0.481 e. The average Bonchev–Trinajstić information content (AvgIpc) is 2.52. The van der Waals surface area contributed by atoms with Crippen molar-refractivity contribution in [1.82, 2.24) is 4.90 Å². The summed E-state index contributed by atoms with van der Waals surface area (Å²) in [7, 11) is 0. The maximum atomic E-state index is 10.8. The molecule has 0 bridgehead atoms. The van der Waals surface area contributed by atoms with E-state index in [4.69, 9.17) is 10.8 Å². The first-order chi connectivity index (χ1) is 11.1. The number of nitrogens with two attached hydrogens (primary N) is 1. The molecule has 2 atom stereocenters. The lowest BCUT2D eigenvalue weighted by Crippen LogP contribution is -2.46. The minimum atomic E-state index is -0.703. The van der Waals surface area contributed by atoms with Crippen molar-refractivity contribution in [2.24, 2.45) is 11.7 Å². The highest BCUT2D eigenvalue weighted by molar-refractivity contribution is 5.66. The van der Waals surface area contributed by atoms with Gasteiger partial charge in [-0.25, -0.2) is 0 Å². The van der Waals surface area contributed by atoms with Gasteiger partial charge >= 0.3 is 5.97 Å². The Kier molecular flexibility index (Phi) is 5.34. The van der Waals surface area contributed by atoms with Crippen LogP contribution in [0.15, 0.2) is 18.2 Å². The second-order valence-electron chi connectivity index (χ2n) is 7.30. The third-order valence-electron chi connectivity index (χ3n) is 5.23. The predicted molar refractivity (Wildman–Crippen MR) is 91.3 cm³/mol. The van der Waals surface area contributed by atoms with E-state index in [0.717, 1.165) is 32.5 Å². The number of nitrogens with zero attached hydrogens (tertiary/aromatic N) is 1. The molecule has 0 aromatic heterocycles. The molecule has 0 saturated carbocycles. The number of carbonyl (C=O) groups is 1. The smallest absolute Gasteiger partial charge is 0.303 e. The highest BCUT2D eigenvalue weighted by atomic mass is 16.4. The second kappa shape index (κ2) is 7.45. The van der Waals surface area contributed by atoms with E-state index in [1.54, 1.807) is 0 Å². The molecule has 1 aromatic rings. The molecule has 126 valence electrons. The van der Waals surface area contributed by atoms with Crippen molar-refractivity contribution in [3.63, 3.8) is 0 Å². The van der Waals surface area contributed by atoms with Gasteiger partial charge in [0.15, 0.2) is 0 Å². The Labute approximate surface area is 138 Å². The first-order valence-electron chi connectivity index (χ1n) is 8.90. The zero-order valence-electron chi connectivity index (χ0n) is 13.8. The molecule has 23 heavy (non-hydrogen) atoms. The second-order valence-corrected chi connectivity index (χ2v) is 7.30. The summed E-state index contributed by atoms with van der Waals surface area (Å²) < 4.78 is 0. The van der Waals surface area contributed by atoms with Gasteiger partial charge in [0.2, 0.25) is 0 Å². The van der Waals surface area contributed by atoms with E-state index < -0.39 is 5.97 Å². The number of aliphatic carboxylic acids is 1. The van der Waals surface area contributed by atoms with Crippen molar-refractivity contribution >= 4 is 5.97 Å². The molecule has 2 unspecified atom stereocenters. The lowest BCUT2D eigenvalue weighted by atomic mass is 9.89. The van der Waals surface area contributed by atoms with Gasteiger partial charge in [0, 0.05) is 32.1 Å². The standard InChI is InChI=1S/C19H28N2O2/c20-18-10-15(6-8-19(22)23)12-21(13-18)11-14-5-7-16-3-1-2-4-17(16)9-14/h5,7,9,15,18H,1-4,6,8,10-13,20H2,(H,22,23). The highest BCUT2D eigenvalue weighted by Gasteiger charge is 2.25. The summed E-state index contributed by atoms with van der Waals surface area (Å²) >= 11 is 0. The third kappa shape index (κ3) is 4.55. The van der Waals surface area contributed by atoms with Gasteiger partial charge in [0.05, 0.1) is 0 Å². The van der Waals surface area contributed by atoms with Gasteiger partial charge < -0.3 is 10.8 Å². The maximum absolute atomic E-state index is 10.8. The summed E-state index contributed by atoms with van der Waals surface area (Å²) in [5.41, 5.74) is 10.6. The molecule has 1 aliphatic carbocycles. The van der Waals surface area contributed by atoms with E-state index in [2.05, 4.69) is 23.1 Å². The molecule has 1 aromatic carbocycles. The molecule has 0 amide bonds. The molecule has 1 fully saturated rings. The minimum absolute atomic E-state index is 0.167. The van der Waals surface area contributed by atoms with Crippen molar-refractivity contribution in [2.45, 2.75) is 57.5 Å². The van der Waals surface area contributed by atoms with Crippen LogP contribution < -0.4 is 5.73 Å². The lowest BCUT2D eigenvalue weighted by molar-refractivity contribution is -0.137. The molecule has 1 aliphatic heterocycles. The van der Waals surface area contributed by atoms with Crippen molar-refractivity contribution in [3.05, 3.63) is 34.9 Å². The van der Waals surface area contributed by atoms with E-state index in [-0.39, 0.29) is 12.5 Å². The Morgan fingerprint density at radius 1 is 1.22 bits per heavy atom. The van der Waals surface area contributed by atoms with E-state index in [0.29, 0.717) is 5.92 Å². The summed E-state index contributed by atoms with van der Waals surface area (Å²) in [5, 5.41) is 8.88. The number of fused-ring (bicyclic) bond motifs is 1. The molecule has 3 N–H and O–H groups in total. The number of benzene rings is 1. The van der Waals surface area contributed by atoms with E-state index in [1.165, 1.54) is 42.4 Å². The molecule has 0 radical (unpaired) electrons. The number of carboxylic acid groups (broad SMARTS) is 1. The number of aryl methyl sites for hydroxylation is 2. The first kappa shape index (κ1) is 16.5. The Morgan fingerprint density at radius 2 is 2.00 bits per heavy atom. The Hall–Kier alpha value is -1.39. The summed E-state index contributed by atoms with van der Waals surface area (Å²) in [6, 6.07) is 7.10. The largest absolute Gasteiger partial charge is 0.481 e. The van der Waals surface area contributed by atoms with Crippen LogP contribution in [0.25, 0.3) is 0 Å². The highest BCUT2D eigenvalue weighted by Crippen LogP contribution is 2.25. The Morgan fingerprint density at radius 3 is 2.78 bits per heavy atom. The van der Waals surface area contributed by atoms with E-state index in [1.807, 2.05) is 0 Å². The van der Waals surface area contributed by atoms with Crippen molar-refractivity contribution < 1.29 is 9.90 Å². The van der Waals surface area contributed by atoms with Crippen LogP contribution in [-0.4, -0.2) is 35.1 Å². The first-order valence-corrected chi connectivity index (χ1v) is 8.90. The number of hydrogen-bond acceptors (Lipinski definition) is 3. The van der Waals surface area contributed by atoms with Gasteiger partial charge in [0.1, 0.15) is 0 Å². The normalized spacial score (nSPS) is 25.1. The zero-order chi connectivity index (χ0) is 16.2. The van der Waals surface area contributed by atoms with Crippen LogP contribution in [0.3, 0.4) is 0 Å². The average molecular weight is 316 g/mol. The fraction of sp³-hybridized carbons (Fsp3) is 0.632. The number of hydrogen-bond donors (Lipinski definition) is 2. The van der Waals surface area contributed by atoms with Gasteiger partial charge in [0.25, 0.3) is 0 Å². The van der Waals surface area contributed by atoms with Crippen molar-refractivity contribution in [3.8, 4) is 0 Å². The van der Waals surface area contributed by atoms with Crippen LogP contribution in [0.1, 0.15) is 48.8 Å². The molecule has 1 heterocycles. The zero-order valence-corrected chi connectivity index (χ0v) is 13.8. The SMILES string of the molecule is NC1CC(CCC(=O)O)CN(Cc2ccc3c(c2)CCCC3)C1. The molecule has 1 saturated heterocycles. The molecule has 2 aliphatic rings. The van der Waals surface area contributed by atoms with Gasteiger partial charge in [-0.05, 0) is 61.1 Å².